The monoisotopic (exact) mass is 326 g/mol. The van der Waals surface area contributed by atoms with Crippen LogP contribution >= 0.6 is 34.8 Å². The first-order valence-corrected chi connectivity index (χ1v) is 6.95. The zero-order chi connectivity index (χ0) is 14.4. The lowest BCUT2D eigenvalue weighted by Crippen LogP contribution is -2.01. The molecule has 0 fully saturated rings. The number of fused-ring (bicyclic) bond motifs is 1. The average molecular weight is 328 g/mol. The largest absolute Gasteiger partial charge is 0.275 e. The Kier molecular flexibility index (Phi) is 3.32. The van der Waals surface area contributed by atoms with Crippen LogP contribution in [0.5, 0.6) is 0 Å². The van der Waals surface area contributed by atoms with Crippen LogP contribution in [0.2, 0.25) is 15.2 Å². The predicted molar refractivity (Wildman–Crippen MR) is 80.7 cm³/mol. The molecule has 3 rings (SSSR count). The predicted octanol–water partition coefficient (Wildman–Crippen LogP) is 4.37. The van der Waals surface area contributed by atoms with Crippen molar-refractivity contribution in [3.8, 4) is 11.4 Å². The molecule has 102 valence electrons. The van der Waals surface area contributed by atoms with Gasteiger partial charge < -0.3 is 0 Å². The lowest BCUT2D eigenvalue weighted by molar-refractivity contribution is 1.000. The lowest BCUT2D eigenvalue weighted by atomic mass is 10.2. The van der Waals surface area contributed by atoms with E-state index in [0.717, 1.165) is 17.0 Å². The first-order valence-electron chi connectivity index (χ1n) is 5.81. The Labute approximate surface area is 130 Å². The van der Waals surface area contributed by atoms with Gasteiger partial charge in [0.25, 0.3) is 0 Å². The van der Waals surface area contributed by atoms with Crippen molar-refractivity contribution in [3.05, 3.63) is 44.8 Å². The smallest absolute Gasteiger partial charge is 0.199 e. The Morgan fingerprint density at radius 2 is 1.60 bits per heavy atom. The maximum Gasteiger partial charge on any atom is 0.199 e. The summed E-state index contributed by atoms with van der Waals surface area (Å²) in [4.78, 5) is 4.23. The minimum atomic E-state index is 0.319. The van der Waals surface area contributed by atoms with Crippen LogP contribution < -0.4 is 0 Å². The van der Waals surface area contributed by atoms with Crippen LogP contribution in [0.25, 0.3) is 17.0 Å². The normalized spacial score (nSPS) is 11.2. The summed E-state index contributed by atoms with van der Waals surface area (Å²) in [5, 5.41) is 9.67. The summed E-state index contributed by atoms with van der Waals surface area (Å²) >= 11 is 18.2. The topological polar surface area (TPSA) is 43.1 Å². The van der Waals surface area contributed by atoms with E-state index in [4.69, 9.17) is 34.8 Å². The van der Waals surface area contributed by atoms with Gasteiger partial charge in [0, 0.05) is 21.3 Å². The molecule has 0 N–H and O–H groups in total. The fraction of sp³-hybridized carbons (Fsp3) is 0.154. The van der Waals surface area contributed by atoms with Crippen LogP contribution in [0.1, 0.15) is 11.4 Å². The summed E-state index contributed by atoms with van der Waals surface area (Å²) in [7, 11) is 0. The number of hydrogen-bond acceptors (Lipinski definition) is 3. The third-order valence-electron chi connectivity index (χ3n) is 3.09. The summed E-state index contributed by atoms with van der Waals surface area (Å²) in [5.74, 6) is 0.634. The Hall–Kier alpha value is -1.36. The minimum Gasteiger partial charge on any atom is -0.275 e. The highest BCUT2D eigenvalue weighted by molar-refractivity contribution is 6.35. The van der Waals surface area contributed by atoms with Crippen LogP contribution in [0, 0.1) is 13.8 Å². The van der Waals surface area contributed by atoms with E-state index < -0.39 is 0 Å². The van der Waals surface area contributed by atoms with Gasteiger partial charge in [0.2, 0.25) is 0 Å². The van der Waals surface area contributed by atoms with Crippen molar-refractivity contribution >= 4 is 40.4 Å². The number of nitrogens with zero attached hydrogens (tertiary/aromatic N) is 4. The average Bonchev–Trinajstić information content (AvgIpc) is 2.80. The number of hydrogen-bond donors (Lipinski definition) is 0. The number of benzene rings is 1. The third kappa shape index (κ3) is 2.14. The number of rotatable bonds is 1. The molecule has 0 bridgehead atoms. The van der Waals surface area contributed by atoms with Gasteiger partial charge in [-0.05, 0) is 32.0 Å². The molecular weight excluding hydrogens is 319 g/mol. The zero-order valence-corrected chi connectivity index (χ0v) is 12.9. The van der Waals surface area contributed by atoms with Crippen LogP contribution in [-0.2, 0) is 0 Å². The molecule has 2 heterocycles. The molecule has 3 aromatic rings. The lowest BCUT2D eigenvalue weighted by Gasteiger charge is -2.07. The van der Waals surface area contributed by atoms with E-state index in [1.165, 1.54) is 0 Å². The zero-order valence-electron chi connectivity index (χ0n) is 10.7. The first kappa shape index (κ1) is 13.6. The van der Waals surface area contributed by atoms with E-state index in [1.807, 2.05) is 18.2 Å². The summed E-state index contributed by atoms with van der Waals surface area (Å²) in [6, 6.07) is 5.24. The van der Waals surface area contributed by atoms with Gasteiger partial charge >= 0.3 is 0 Å². The van der Waals surface area contributed by atoms with Gasteiger partial charge in [0.05, 0.1) is 5.69 Å². The van der Waals surface area contributed by atoms with Crippen molar-refractivity contribution < 1.29 is 0 Å². The molecule has 7 heteroatoms. The molecule has 0 aliphatic heterocycles. The van der Waals surface area contributed by atoms with E-state index in [0.29, 0.717) is 26.7 Å². The molecule has 0 amide bonds. The Morgan fingerprint density at radius 1 is 0.950 bits per heavy atom. The second kappa shape index (κ2) is 4.88. The highest BCUT2D eigenvalue weighted by Gasteiger charge is 2.16. The molecule has 2 aromatic heterocycles. The van der Waals surface area contributed by atoms with E-state index in [9.17, 15) is 0 Å². The van der Waals surface area contributed by atoms with Gasteiger partial charge in [-0.3, -0.25) is 4.40 Å². The van der Waals surface area contributed by atoms with E-state index in [-0.39, 0.29) is 0 Å². The van der Waals surface area contributed by atoms with Gasteiger partial charge in [-0.2, -0.15) is 0 Å². The molecule has 0 saturated heterocycles. The standard InChI is InChI=1S/C13H9Cl3N4/c1-6-7(2)20-12(18-19-13(20)11(16)17-6)8-3-9(14)5-10(15)4-8/h3-5H,1-2H3. The molecule has 0 aliphatic carbocycles. The molecule has 1 aromatic carbocycles. The van der Waals surface area contributed by atoms with E-state index in [2.05, 4.69) is 15.2 Å². The van der Waals surface area contributed by atoms with Crippen molar-refractivity contribution in [3.63, 3.8) is 0 Å². The van der Waals surface area contributed by atoms with Crippen molar-refractivity contribution in [1.82, 2.24) is 19.6 Å². The number of aryl methyl sites for hydroxylation is 2. The minimum absolute atomic E-state index is 0.319. The summed E-state index contributed by atoms with van der Waals surface area (Å²) in [5.41, 5.74) is 3.03. The molecule has 0 saturated carbocycles. The molecule has 0 radical (unpaired) electrons. The molecule has 0 unspecified atom stereocenters. The molecule has 0 spiro atoms. The number of aromatic nitrogens is 4. The quantitative estimate of drug-likeness (QED) is 0.666. The van der Waals surface area contributed by atoms with Gasteiger partial charge in [-0.1, -0.05) is 34.8 Å². The van der Waals surface area contributed by atoms with Gasteiger partial charge in [-0.25, -0.2) is 4.98 Å². The van der Waals surface area contributed by atoms with Gasteiger partial charge in [0.15, 0.2) is 16.6 Å². The van der Waals surface area contributed by atoms with Crippen LogP contribution in [0.4, 0.5) is 0 Å². The van der Waals surface area contributed by atoms with Crippen LogP contribution in [-0.4, -0.2) is 19.6 Å². The Balaban J connectivity index is 2.37. The van der Waals surface area contributed by atoms with Crippen molar-refractivity contribution in [1.29, 1.82) is 0 Å². The summed E-state index contributed by atoms with van der Waals surface area (Å²) < 4.78 is 1.85. The van der Waals surface area contributed by atoms with Crippen molar-refractivity contribution in [2.24, 2.45) is 0 Å². The van der Waals surface area contributed by atoms with E-state index in [1.54, 1.807) is 18.2 Å². The van der Waals surface area contributed by atoms with Gasteiger partial charge in [-0.15, -0.1) is 10.2 Å². The SMILES string of the molecule is Cc1nc(Cl)c2nnc(-c3cc(Cl)cc(Cl)c3)n2c1C. The first-order chi connectivity index (χ1) is 9.47. The maximum atomic E-state index is 6.11. The second-order valence-corrected chi connectivity index (χ2v) is 5.65. The second-order valence-electron chi connectivity index (χ2n) is 4.41. The fourth-order valence-corrected chi connectivity index (χ4v) is 2.82. The highest BCUT2D eigenvalue weighted by atomic mass is 35.5. The molecular formula is C13H9Cl3N4. The van der Waals surface area contributed by atoms with Crippen molar-refractivity contribution in [2.75, 3.05) is 0 Å². The van der Waals surface area contributed by atoms with Crippen LogP contribution in [0.15, 0.2) is 18.2 Å². The van der Waals surface area contributed by atoms with Crippen LogP contribution in [0.3, 0.4) is 0 Å². The Bertz CT molecular complexity index is 806. The fourth-order valence-electron chi connectivity index (χ4n) is 2.05. The Morgan fingerprint density at radius 3 is 2.25 bits per heavy atom. The van der Waals surface area contributed by atoms with Crippen molar-refractivity contribution in [2.45, 2.75) is 13.8 Å². The molecule has 0 aliphatic rings. The van der Waals surface area contributed by atoms with Gasteiger partial charge in [0.1, 0.15) is 0 Å². The molecule has 20 heavy (non-hydrogen) atoms. The summed E-state index contributed by atoms with van der Waals surface area (Å²) in [6.07, 6.45) is 0. The molecule has 4 nitrogen and oxygen atoms in total. The highest BCUT2D eigenvalue weighted by Crippen LogP contribution is 2.28. The summed E-state index contributed by atoms with van der Waals surface area (Å²) in [6.45, 7) is 3.82. The maximum absolute atomic E-state index is 6.11. The molecule has 0 atom stereocenters. The third-order valence-corrected chi connectivity index (χ3v) is 3.78. The van der Waals surface area contributed by atoms with E-state index >= 15 is 0 Å². The number of halogens is 3.